The fourth-order valence-corrected chi connectivity index (χ4v) is 7.28. The summed E-state index contributed by atoms with van der Waals surface area (Å²) in [4.78, 5) is 11.7. The standard InChI is InChI=1S/C26H35ClO2Si/c1-24(2,3)17-10-12-19-20-13-11-18(25(4,5)6)15-22(20)26(21(19)14-17,30(7,8)9)16-29-23(27)28/h10-15H,16H2,1-9H3. The van der Waals surface area contributed by atoms with Crippen LogP contribution in [0.2, 0.25) is 19.6 Å². The van der Waals surface area contributed by atoms with E-state index in [4.69, 9.17) is 16.3 Å². The van der Waals surface area contributed by atoms with Gasteiger partial charge in [0.2, 0.25) is 0 Å². The summed E-state index contributed by atoms with van der Waals surface area (Å²) >= 11 is 5.68. The van der Waals surface area contributed by atoms with Gasteiger partial charge in [-0.1, -0.05) is 97.6 Å². The van der Waals surface area contributed by atoms with Crippen LogP contribution in [0.4, 0.5) is 4.79 Å². The molecule has 2 aromatic rings. The van der Waals surface area contributed by atoms with E-state index in [2.05, 4.69) is 97.6 Å². The average Bonchev–Trinajstić information content (AvgIpc) is 2.87. The molecular formula is C26H35ClO2Si. The van der Waals surface area contributed by atoms with Gasteiger partial charge in [0.25, 0.3) is 0 Å². The van der Waals surface area contributed by atoms with Crippen molar-refractivity contribution in [1.82, 2.24) is 0 Å². The number of hydrogen-bond donors (Lipinski definition) is 0. The lowest BCUT2D eigenvalue weighted by molar-refractivity contribution is 0.163. The fraction of sp³-hybridized carbons (Fsp3) is 0.500. The van der Waals surface area contributed by atoms with Crippen molar-refractivity contribution < 1.29 is 9.53 Å². The molecule has 0 saturated heterocycles. The topological polar surface area (TPSA) is 26.3 Å². The summed E-state index contributed by atoms with van der Waals surface area (Å²) in [5.74, 6) is 0. The SMILES string of the molecule is CC(C)(C)c1ccc2c(c1)C(COC(=O)Cl)([Si](C)(C)C)c1cc(C(C)(C)C)ccc1-2. The van der Waals surface area contributed by atoms with Gasteiger partial charge in [0, 0.05) is 16.6 Å². The number of halogens is 1. The van der Waals surface area contributed by atoms with E-state index in [1.165, 1.54) is 33.4 Å². The van der Waals surface area contributed by atoms with E-state index in [0.717, 1.165) is 0 Å². The normalized spacial score (nSPS) is 15.5. The molecule has 2 nitrogen and oxygen atoms in total. The molecule has 0 fully saturated rings. The minimum absolute atomic E-state index is 0.0364. The Kier molecular flexibility index (Phi) is 5.57. The Hall–Kier alpha value is -1.58. The Labute approximate surface area is 188 Å². The second kappa shape index (κ2) is 7.24. The van der Waals surface area contributed by atoms with E-state index >= 15 is 0 Å². The molecular weight excluding hydrogens is 408 g/mol. The molecule has 0 aromatic heterocycles. The lowest BCUT2D eigenvalue weighted by Crippen LogP contribution is -2.52. The van der Waals surface area contributed by atoms with Gasteiger partial charge in [-0.3, -0.25) is 0 Å². The minimum Gasteiger partial charge on any atom is -0.453 e. The Morgan fingerprint density at radius 3 is 1.57 bits per heavy atom. The van der Waals surface area contributed by atoms with Crippen LogP contribution < -0.4 is 0 Å². The largest absolute Gasteiger partial charge is 0.453 e. The molecule has 0 unspecified atom stereocenters. The molecule has 0 saturated carbocycles. The summed E-state index contributed by atoms with van der Waals surface area (Å²) in [6.45, 7) is 20.8. The quantitative estimate of drug-likeness (QED) is 0.358. The number of rotatable bonds is 3. The van der Waals surface area contributed by atoms with E-state index in [0.29, 0.717) is 0 Å². The maximum Gasteiger partial charge on any atom is 0.403 e. The molecule has 3 rings (SSSR count). The van der Waals surface area contributed by atoms with E-state index < -0.39 is 13.5 Å². The first kappa shape index (κ1) is 23.1. The molecule has 162 valence electrons. The van der Waals surface area contributed by atoms with Crippen molar-refractivity contribution in [3.8, 4) is 11.1 Å². The molecule has 0 heterocycles. The Bertz CT molecular complexity index is 924. The second-order valence-corrected chi connectivity index (χ2v) is 17.4. The number of ether oxygens (including phenoxy) is 1. The van der Waals surface area contributed by atoms with E-state index in [-0.39, 0.29) is 22.5 Å². The van der Waals surface area contributed by atoms with Crippen LogP contribution in [-0.4, -0.2) is 20.1 Å². The van der Waals surface area contributed by atoms with Crippen LogP contribution in [0.15, 0.2) is 36.4 Å². The van der Waals surface area contributed by atoms with Crippen molar-refractivity contribution in [3.05, 3.63) is 58.7 Å². The Balaban J connectivity index is 2.40. The van der Waals surface area contributed by atoms with Gasteiger partial charge in [0.05, 0.1) is 8.07 Å². The summed E-state index contributed by atoms with van der Waals surface area (Å²) in [7, 11) is -1.94. The molecule has 1 aliphatic rings. The smallest absolute Gasteiger partial charge is 0.403 e. The molecule has 4 heteroatoms. The van der Waals surface area contributed by atoms with E-state index in [1.807, 2.05) is 0 Å². The molecule has 0 amide bonds. The maximum absolute atomic E-state index is 11.7. The fourth-order valence-electron chi connectivity index (χ4n) is 4.69. The molecule has 0 aliphatic heterocycles. The Morgan fingerprint density at radius 2 is 1.27 bits per heavy atom. The summed E-state index contributed by atoms with van der Waals surface area (Å²) in [6, 6.07) is 13.7. The van der Waals surface area contributed by atoms with Gasteiger partial charge in [0.1, 0.15) is 6.61 Å². The minimum atomic E-state index is -1.94. The summed E-state index contributed by atoms with van der Waals surface area (Å²) in [5.41, 5.74) is 7.01. The van der Waals surface area contributed by atoms with Gasteiger partial charge in [0.15, 0.2) is 0 Å². The summed E-state index contributed by atoms with van der Waals surface area (Å²) < 4.78 is 5.58. The first-order chi connectivity index (χ1) is 13.6. The molecule has 0 bridgehead atoms. The predicted molar refractivity (Wildman–Crippen MR) is 131 cm³/mol. The highest BCUT2D eigenvalue weighted by molar-refractivity contribution is 6.80. The van der Waals surface area contributed by atoms with Crippen LogP contribution in [0.1, 0.15) is 63.8 Å². The van der Waals surface area contributed by atoms with Gasteiger partial charge in [-0.05, 0) is 44.2 Å². The van der Waals surface area contributed by atoms with Gasteiger partial charge in [-0.2, -0.15) is 0 Å². The maximum atomic E-state index is 11.7. The average molecular weight is 443 g/mol. The van der Waals surface area contributed by atoms with Crippen LogP contribution in [0.5, 0.6) is 0 Å². The molecule has 0 radical (unpaired) electrons. The van der Waals surface area contributed by atoms with Gasteiger partial charge < -0.3 is 4.74 Å². The monoisotopic (exact) mass is 442 g/mol. The first-order valence-electron chi connectivity index (χ1n) is 10.7. The molecule has 0 N–H and O–H groups in total. The van der Waals surface area contributed by atoms with Crippen molar-refractivity contribution in [3.63, 3.8) is 0 Å². The highest BCUT2D eigenvalue weighted by atomic mass is 35.5. The van der Waals surface area contributed by atoms with Crippen molar-refractivity contribution in [2.75, 3.05) is 6.61 Å². The van der Waals surface area contributed by atoms with Crippen LogP contribution in [-0.2, 0) is 20.6 Å². The number of hydrogen-bond acceptors (Lipinski definition) is 2. The van der Waals surface area contributed by atoms with E-state index in [9.17, 15) is 4.79 Å². The third-order valence-corrected chi connectivity index (χ3v) is 10.0. The van der Waals surface area contributed by atoms with E-state index in [1.54, 1.807) is 0 Å². The number of benzene rings is 2. The van der Waals surface area contributed by atoms with Crippen molar-refractivity contribution in [1.29, 1.82) is 0 Å². The van der Waals surface area contributed by atoms with Crippen molar-refractivity contribution in [2.24, 2.45) is 0 Å². The summed E-state index contributed by atoms with van der Waals surface area (Å²) in [5, 5.41) is -0.343. The third-order valence-electron chi connectivity index (χ3n) is 6.66. The lowest BCUT2D eigenvalue weighted by Gasteiger charge is -2.42. The predicted octanol–water partition coefficient (Wildman–Crippen LogP) is 7.80. The zero-order valence-corrected chi connectivity index (χ0v) is 21.6. The molecule has 30 heavy (non-hydrogen) atoms. The number of carbonyl (C=O) groups is 1. The Morgan fingerprint density at radius 1 is 0.867 bits per heavy atom. The van der Waals surface area contributed by atoms with Crippen LogP contribution in [0, 0.1) is 0 Å². The van der Waals surface area contributed by atoms with Gasteiger partial charge >= 0.3 is 5.43 Å². The molecule has 2 aromatic carbocycles. The van der Waals surface area contributed by atoms with Gasteiger partial charge in [-0.25, -0.2) is 4.79 Å². The number of carbonyl (C=O) groups excluding carboxylic acids is 1. The first-order valence-corrected chi connectivity index (χ1v) is 14.6. The number of fused-ring (bicyclic) bond motifs is 3. The highest BCUT2D eigenvalue weighted by Gasteiger charge is 2.53. The lowest BCUT2D eigenvalue weighted by atomic mass is 9.83. The second-order valence-electron chi connectivity index (χ2n) is 11.7. The van der Waals surface area contributed by atoms with Crippen LogP contribution in [0.3, 0.4) is 0 Å². The van der Waals surface area contributed by atoms with Crippen molar-refractivity contribution in [2.45, 2.75) is 77.1 Å². The zero-order chi connectivity index (χ0) is 22.7. The third kappa shape index (κ3) is 3.75. The zero-order valence-electron chi connectivity index (χ0n) is 19.9. The van der Waals surface area contributed by atoms with Gasteiger partial charge in [-0.15, -0.1) is 0 Å². The van der Waals surface area contributed by atoms with Crippen molar-refractivity contribution >= 4 is 25.1 Å². The highest BCUT2D eigenvalue weighted by Crippen LogP contribution is 2.55. The van der Waals surface area contributed by atoms with Crippen LogP contribution >= 0.6 is 11.6 Å². The molecule has 1 aliphatic carbocycles. The molecule has 0 spiro atoms. The molecule has 0 atom stereocenters. The summed E-state index contributed by atoms with van der Waals surface area (Å²) in [6.07, 6.45) is 0. The van der Waals surface area contributed by atoms with Crippen LogP contribution in [0.25, 0.3) is 11.1 Å².